The first-order valence-corrected chi connectivity index (χ1v) is 7.10. The molecule has 0 saturated carbocycles. The summed E-state index contributed by atoms with van der Waals surface area (Å²) in [6.07, 6.45) is 1.64. The molecule has 2 aromatic heterocycles. The number of hydrogen-bond donors (Lipinski definition) is 3. The van der Waals surface area contributed by atoms with Gasteiger partial charge in [-0.25, -0.2) is 4.98 Å². The van der Waals surface area contributed by atoms with Gasteiger partial charge in [-0.15, -0.1) is 0 Å². The van der Waals surface area contributed by atoms with Crippen LogP contribution in [0.2, 0.25) is 0 Å². The molecule has 0 spiro atoms. The number of H-pyrrole nitrogens is 2. The van der Waals surface area contributed by atoms with E-state index in [1.54, 1.807) is 6.20 Å². The molecule has 0 aromatic carbocycles. The van der Waals surface area contributed by atoms with Crippen LogP contribution in [0.3, 0.4) is 0 Å². The van der Waals surface area contributed by atoms with E-state index in [1.807, 2.05) is 0 Å². The van der Waals surface area contributed by atoms with Crippen molar-refractivity contribution in [2.75, 3.05) is 6.54 Å². The first-order valence-electron chi connectivity index (χ1n) is 7.10. The van der Waals surface area contributed by atoms with Gasteiger partial charge in [0.15, 0.2) is 12.2 Å². The molecular weight excluding hydrogens is 304 g/mol. The van der Waals surface area contributed by atoms with Gasteiger partial charge in [-0.3, -0.25) is 14.4 Å². The molecule has 0 bridgehead atoms. The van der Waals surface area contributed by atoms with Gasteiger partial charge in [-0.2, -0.15) is 0 Å². The van der Waals surface area contributed by atoms with Gasteiger partial charge in [-0.1, -0.05) is 0 Å². The Kier molecular flexibility index (Phi) is 3.87. The number of nitrogens with one attached hydrogen (secondary N) is 3. The average Bonchev–Trinajstić information content (AvgIpc) is 3.04. The Morgan fingerprint density at radius 1 is 1.22 bits per heavy atom. The minimum Gasteiger partial charge on any atom is -0.457 e. The predicted octanol–water partition coefficient (Wildman–Crippen LogP) is -0.241. The summed E-state index contributed by atoms with van der Waals surface area (Å²) in [5.74, 6) is -0.936. The number of fused-ring (bicyclic) bond motifs is 1. The molecule has 122 valence electrons. The summed E-state index contributed by atoms with van der Waals surface area (Å²) >= 11 is 0. The minimum atomic E-state index is -0.698. The number of ether oxygens (including phenoxy) is 2. The lowest BCUT2D eigenvalue weighted by atomic mass is 10.0. The molecule has 3 N–H and O–H groups in total. The van der Waals surface area contributed by atoms with Gasteiger partial charge in [0.25, 0.3) is 5.56 Å². The van der Waals surface area contributed by atoms with Gasteiger partial charge < -0.3 is 24.8 Å². The van der Waals surface area contributed by atoms with E-state index in [9.17, 15) is 14.4 Å². The first kappa shape index (κ1) is 15.2. The van der Waals surface area contributed by atoms with Crippen molar-refractivity contribution < 1.29 is 19.1 Å². The van der Waals surface area contributed by atoms with Gasteiger partial charge in [-0.05, 0) is 0 Å². The Balaban J connectivity index is 1.99. The number of hydrogen-bond acceptors (Lipinski definition) is 7. The molecule has 0 aliphatic carbocycles. The van der Waals surface area contributed by atoms with Crippen LogP contribution in [0.4, 0.5) is 0 Å². The van der Waals surface area contributed by atoms with Crippen LogP contribution in [0.25, 0.3) is 11.0 Å². The van der Waals surface area contributed by atoms with Gasteiger partial charge >= 0.3 is 11.9 Å². The molecule has 0 amide bonds. The Hall–Kier alpha value is -2.68. The monoisotopic (exact) mass is 320 g/mol. The van der Waals surface area contributed by atoms with Crippen molar-refractivity contribution in [1.29, 1.82) is 0 Å². The van der Waals surface area contributed by atoms with Crippen LogP contribution in [-0.4, -0.2) is 45.6 Å². The van der Waals surface area contributed by atoms with E-state index in [0.717, 1.165) is 0 Å². The highest BCUT2D eigenvalue weighted by atomic mass is 16.6. The molecule has 3 unspecified atom stereocenters. The molecule has 23 heavy (non-hydrogen) atoms. The zero-order chi connectivity index (χ0) is 16.6. The summed E-state index contributed by atoms with van der Waals surface area (Å²) in [5.41, 5.74) is 1.19. The van der Waals surface area contributed by atoms with Gasteiger partial charge in [0.1, 0.15) is 11.0 Å². The first-order chi connectivity index (χ1) is 11.0. The molecule has 3 rings (SSSR count). The quantitative estimate of drug-likeness (QED) is 0.666. The zero-order valence-corrected chi connectivity index (χ0v) is 12.6. The molecule has 3 heterocycles. The fraction of sp³-hybridized carbons (Fsp3) is 0.429. The Morgan fingerprint density at radius 2 is 1.96 bits per heavy atom. The lowest BCUT2D eigenvalue weighted by molar-refractivity contribution is -0.162. The highest BCUT2D eigenvalue weighted by Crippen LogP contribution is 2.31. The second kappa shape index (κ2) is 5.84. The number of esters is 2. The van der Waals surface area contributed by atoms with E-state index in [0.29, 0.717) is 23.1 Å². The predicted molar refractivity (Wildman–Crippen MR) is 78.6 cm³/mol. The zero-order valence-electron chi connectivity index (χ0n) is 12.6. The topological polar surface area (TPSA) is 126 Å². The second-order valence-electron chi connectivity index (χ2n) is 5.31. The highest BCUT2D eigenvalue weighted by Gasteiger charge is 2.42. The average molecular weight is 320 g/mol. The Labute approximate surface area is 130 Å². The van der Waals surface area contributed by atoms with E-state index in [2.05, 4.69) is 20.3 Å². The summed E-state index contributed by atoms with van der Waals surface area (Å²) < 4.78 is 10.5. The minimum absolute atomic E-state index is 0.292. The third-order valence-electron chi connectivity index (χ3n) is 3.69. The normalized spacial score (nSPS) is 23.8. The number of aromatic amines is 2. The maximum Gasteiger partial charge on any atom is 0.303 e. The number of rotatable bonds is 3. The molecule has 1 aliphatic heterocycles. The standard InChI is InChI=1S/C14H16N4O5/c1-6(19)22-9-4-16-11(13(9)23-7(2)20)8-3-15-12-10(8)17-5-18-14(12)21/h3,5,9,11,13,15-16H,4H2,1-2H3,(H,17,18,21). The smallest absolute Gasteiger partial charge is 0.303 e. The van der Waals surface area contributed by atoms with Crippen molar-refractivity contribution in [2.45, 2.75) is 32.1 Å². The van der Waals surface area contributed by atoms with Crippen LogP contribution >= 0.6 is 0 Å². The van der Waals surface area contributed by atoms with Crippen LogP contribution in [0.1, 0.15) is 25.5 Å². The molecule has 9 heteroatoms. The molecule has 1 fully saturated rings. The van der Waals surface area contributed by atoms with Crippen LogP contribution < -0.4 is 10.9 Å². The van der Waals surface area contributed by atoms with Crippen LogP contribution in [0, 0.1) is 0 Å². The van der Waals surface area contributed by atoms with Gasteiger partial charge in [0.05, 0.1) is 12.4 Å². The van der Waals surface area contributed by atoms with Crippen molar-refractivity contribution in [2.24, 2.45) is 0 Å². The number of carbonyl (C=O) groups excluding carboxylic acids is 2. The van der Waals surface area contributed by atoms with E-state index in [4.69, 9.17) is 9.47 Å². The third-order valence-corrected chi connectivity index (χ3v) is 3.69. The fourth-order valence-corrected chi connectivity index (χ4v) is 2.84. The van der Waals surface area contributed by atoms with Crippen LogP contribution in [0.15, 0.2) is 17.3 Å². The summed E-state index contributed by atoms with van der Waals surface area (Å²) in [4.78, 5) is 43.9. The Morgan fingerprint density at radius 3 is 2.65 bits per heavy atom. The summed E-state index contributed by atoms with van der Waals surface area (Å²) in [6, 6.07) is -0.439. The Bertz CT molecular complexity index is 811. The van der Waals surface area contributed by atoms with Crippen molar-refractivity contribution >= 4 is 23.0 Å². The molecule has 9 nitrogen and oxygen atoms in total. The second-order valence-corrected chi connectivity index (χ2v) is 5.31. The highest BCUT2D eigenvalue weighted by molar-refractivity contribution is 5.78. The molecule has 1 saturated heterocycles. The summed E-state index contributed by atoms with van der Waals surface area (Å²) in [7, 11) is 0. The van der Waals surface area contributed by atoms with Gasteiger partial charge in [0, 0.05) is 32.2 Å². The van der Waals surface area contributed by atoms with Crippen LogP contribution in [-0.2, 0) is 19.1 Å². The van der Waals surface area contributed by atoms with E-state index in [-0.39, 0.29) is 5.56 Å². The van der Waals surface area contributed by atoms with E-state index >= 15 is 0 Å². The summed E-state index contributed by atoms with van der Waals surface area (Å²) in [6.45, 7) is 2.92. The largest absolute Gasteiger partial charge is 0.457 e. The number of carbonyl (C=O) groups is 2. The molecule has 3 atom stereocenters. The van der Waals surface area contributed by atoms with Crippen molar-refractivity contribution in [3.63, 3.8) is 0 Å². The molecule has 0 radical (unpaired) electrons. The fourth-order valence-electron chi connectivity index (χ4n) is 2.84. The SMILES string of the molecule is CC(=O)OC1CNC(c2c[nH]c3c(=O)[nH]cnc23)C1OC(C)=O. The number of nitrogens with zero attached hydrogens (tertiary/aromatic N) is 1. The van der Waals surface area contributed by atoms with Gasteiger partial charge in [0.2, 0.25) is 0 Å². The van der Waals surface area contributed by atoms with E-state index < -0.39 is 30.2 Å². The molecule has 2 aromatic rings. The third kappa shape index (κ3) is 2.82. The van der Waals surface area contributed by atoms with E-state index in [1.165, 1.54) is 20.2 Å². The maximum atomic E-state index is 11.8. The summed E-state index contributed by atoms with van der Waals surface area (Å²) in [5, 5.41) is 3.15. The number of aromatic nitrogens is 3. The van der Waals surface area contributed by atoms with Crippen LogP contribution in [0.5, 0.6) is 0 Å². The lowest BCUT2D eigenvalue weighted by Gasteiger charge is -2.23. The van der Waals surface area contributed by atoms with Crippen molar-refractivity contribution in [1.82, 2.24) is 20.3 Å². The maximum absolute atomic E-state index is 11.8. The molecular formula is C14H16N4O5. The lowest BCUT2D eigenvalue weighted by Crippen LogP contribution is -2.34. The molecule has 1 aliphatic rings. The van der Waals surface area contributed by atoms with Crippen molar-refractivity contribution in [3.8, 4) is 0 Å². The van der Waals surface area contributed by atoms with Crippen molar-refractivity contribution in [3.05, 3.63) is 28.4 Å².